The molecule has 1 aromatic carbocycles. The van der Waals surface area contributed by atoms with Gasteiger partial charge >= 0.3 is 0 Å². The van der Waals surface area contributed by atoms with Crippen LogP contribution in [0.15, 0.2) is 46.7 Å². The molecule has 1 heterocycles. The molecule has 0 radical (unpaired) electrons. The van der Waals surface area contributed by atoms with Gasteiger partial charge in [0.15, 0.2) is 0 Å². The lowest BCUT2D eigenvalue weighted by Gasteiger charge is -2.05. The Hall–Kier alpha value is -1.21. The van der Waals surface area contributed by atoms with E-state index in [2.05, 4.69) is 10.0 Å². The lowest BCUT2D eigenvalue weighted by Crippen LogP contribution is -2.25. The number of thiophene rings is 1. The summed E-state index contributed by atoms with van der Waals surface area (Å²) in [6, 6.07) is 11.5. The van der Waals surface area contributed by atoms with Gasteiger partial charge in [0, 0.05) is 23.3 Å². The molecular weight excluding hydrogens is 292 g/mol. The molecule has 0 aliphatic carbocycles. The van der Waals surface area contributed by atoms with Gasteiger partial charge in [-0.1, -0.05) is 30.3 Å². The van der Waals surface area contributed by atoms with E-state index in [-0.39, 0.29) is 0 Å². The molecule has 0 unspecified atom stereocenters. The molecule has 0 bridgehead atoms. The average Bonchev–Trinajstić information content (AvgIpc) is 2.90. The SMILES string of the molecule is CNCc1cc(S(=O)(=O)NCCc2ccccc2)cs1. The van der Waals surface area contributed by atoms with Crippen LogP contribution in [0, 0.1) is 0 Å². The van der Waals surface area contributed by atoms with Crippen LogP contribution in [-0.4, -0.2) is 22.0 Å². The average molecular weight is 310 g/mol. The highest BCUT2D eigenvalue weighted by Crippen LogP contribution is 2.18. The van der Waals surface area contributed by atoms with Gasteiger partial charge in [-0.2, -0.15) is 0 Å². The zero-order valence-corrected chi connectivity index (χ0v) is 12.9. The number of sulfonamides is 1. The fourth-order valence-corrected chi connectivity index (χ4v) is 4.14. The van der Waals surface area contributed by atoms with Crippen LogP contribution in [0.25, 0.3) is 0 Å². The molecule has 2 rings (SSSR count). The van der Waals surface area contributed by atoms with Gasteiger partial charge in [0.2, 0.25) is 10.0 Å². The minimum atomic E-state index is -3.40. The molecule has 0 fully saturated rings. The zero-order chi connectivity index (χ0) is 14.4. The Morgan fingerprint density at radius 2 is 1.95 bits per heavy atom. The van der Waals surface area contributed by atoms with E-state index in [1.807, 2.05) is 37.4 Å². The van der Waals surface area contributed by atoms with E-state index in [1.54, 1.807) is 11.4 Å². The molecule has 0 aliphatic heterocycles. The van der Waals surface area contributed by atoms with Gasteiger partial charge in [-0.15, -0.1) is 11.3 Å². The summed E-state index contributed by atoms with van der Waals surface area (Å²) in [6.07, 6.45) is 0.688. The molecule has 2 N–H and O–H groups in total. The zero-order valence-electron chi connectivity index (χ0n) is 11.3. The van der Waals surface area contributed by atoms with E-state index in [9.17, 15) is 8.42 Å². The highest BCUT2D eigenvalue weighted by Gasteiger charge is 2.15. The first-order valence-electron chi connectivity index (χ1n) is 6.37. The Kier molecular flexibility index (Phi) is 5.31. The molecule has 6 heteroatoms. The second-order valence-corrected chi connectivity index (χ2v) is 7.18. The van der Waals surface area contributed by atoms with Gasteiger partial charge in [-0.05, 0) is 25.1 Å². The van der Waals surface area contributed by atoms with Crippen LogP contribution in [0.4, 0.5) is 0 Å². The van der Waals surface area contributed by atoms with Crippen LogP contribution >= 0.6 is 11.3 Å². The third-order valence-electron chi connectivity index (χ3n) is 2.84. The largest absolute Gasteiger partial charge is 0.315 e. The first-order chi connectivity index (χ1) is 9.62. The lowest BCUT2D eigenvalue weighted by molar-refractivity contribution is 0.582. The molecule has 0 saturated carbocycles. The van der Waals surface area contributed by atoms with Gasteiger partial charge in [0.25, 0.3) is 0 Å². The minimum Gasteiger partial charge on any atom is -0.315 e. The standard InChI is InChI=1S/C14H18N2O2S2/c1-15-10-13-9-14(11-19-13)20(17,18)16-8-7-12-5-3-2-4-6-12/h2-6,9,11,15-16H,7-8,10H2,1H3. The van der Waals surface area contributed by atoms with Gasteiger partial charge in [0.05, 0.1) is 4.90 Å². The summed E-state index contributed by atoms with van der Waals surface area (Å²) in [5.74, 6) is 0. The molecule has 0 aliphatic rings. The van der Waals surface area contributed by atoms with Crippen LogP contribution in [0.2, 0.25) is 0 Å². The minimum absolute atomic E-state index is 0.348. The number of benzene rings is 1. The molecule has 0 atom stereocenters. The van der Waals surface area contributed by atoms with Crippen molar-refractivity contribution in [1.82, 2.24) is 10.0 Å². The van der Waals surface area contributed by atoms with E-state index in [1.165, 1.54) is 11.3 Å². The number of hydrogen-bond donors (Lipinski definition) is 2. The second-order valence-electron chi connectivity index (χ2n) is 4.41. The summed E-state index contributed by atoms with van der Waals surface area (Å²) >= 11 is 1.45. The molecule has 0 spiro atoms. The summed E-state index contributed by atoms with van der Waals surface area (Å²) in [5, 5.41) is 4.69. The van der Waals surface area contributed by atoms with Gasteiger partial charge in [0.1, 0.15) is 0 Å². The van der Waals surface area contributed by atoms with E-state index in [0.29, 0.717) is 24.4 Å². The highest BCUT2D eigenvalue weighted by atomic mass is 32.2. The monoisotopic (exact) mass is 310 g/mol. The summed E-state index contributed by atoms with van der Waals surface area (Å²) in [5.41, 5.74) is 1.12. The lowest BCUT2D eigenvalue weighted by atomic mass is 10.2. The molecular formula is C14H18N2O2S2. The van der Waals surface area contributed by atoms with Crippen LogP contribution < -0.4 is 10.0 Å². The van der Waals surface area contributed by atoms with E-state index in [4.69, 9.17) is 0 Å². The molecule has 2 aromatic rings. The van der Waals surface area contributed by atoms with Crippen LogP contribution in [0.5, 0.6) is 0 Å². The topological polar surface area (TPSA) is 58.2 Å². The molecule has 20 heavy (non-hydrogen) atoms. The summed E-state index contributed by atoms with van der Waals surface area (Å²) in [7, 11) is -1.56. The highest BCUT2D eigenvalue weighted by molar-refractivity contribution is 7.89. The number of nitrogens with one attached hydrogen (secondary N) is 2. The fourth-order valence-electron chi connectivity index (χ4n) is 1.83. The maximum absolute atomic E-state index is 12.1. The molecule has 4 nitrogen and oxygen atoms in total. The second kappa shape index (κ2) is 6.99. The Balaban J connectivity index is 1.93. The Morgan fingerprint density at radius 1 is 1.20 bits per heavy atom. The van der Waals surface area contributed by atoms with Crippen molar-refractivity contribution < 1.29 is 8.42 Å². The predicted octanol–water partition coefficient (Wildman–Crippen LogP) is 1.99. The third kappa shape index (κ3) is 4.14. The van der Waals surface area contributed by atoms with Crippen molar-refractivity contribution >= 4 is 21.4 Å². The first-order valence-corrected chi connectivity index (χ1v) is 8.74. The molecule has 0 amide bonds. The van der Waals surface area contributed by atoms with Crippen molar-refractivity contribution in [1.29, 1.82) is 0 Å². The van der Waals surface area contributed by atoms with Crippen molar-refractivity contribution in [3.8, 4) is 0 Å². The Bertz CT molecular complexity index is 636. The quantitative estimate of drug-likeness (QED) is 0.822. The van der Waals surface area contributed by atoms with E-state index >= 15 is 0 Å². The van der Waals surface area contributed by atoms with Gasteiger partial charge in [-0.25, -0.2) is 13.1 Å². The fraction of sp³-hybridized carbons (Fsp3) is 0.286. The van der Waals surface area contributed by atoms with Crippen LogP contribution in [0.3, 0.4) is 0 Å². The first kappa shape index (κ1) is 15.2. The number of rotatable bonds is 7. The summed E-state index contributed by atoms with van der Waals surface area (Å²) in [4.78, 5) is 1.36. The summed E-state index contributed by atoms with van der Waals surface area (Å²) in [6.45, 7) is 1.09. The normalized spacial score (nSPS) is 11.7. The maximum atomic E-state index is 12.1. The summed E-state index contributed by atoms with van der Waals surface area (Å²) < 4.78 is 26.9. The van der Waals surface area contributed by atoms with E-state index < -0.39 is 10.0 Å². The maximum Gasteiger partial charge on any atom is 0.241 e. The van der Waals surface area contributed by atoms with Crippen molar-refractivity contribution in [3.05, 3.63) is 52.2 Å². The predicted molar refractivity (Wildman–Crippen MR) is 82.4 cm³/mol. The van der Waals surface area contributed by atoms with Crippen molar-refractivity contribution in [2.75, 3.05) is 13.6 Å². The Morgan fingerprint density at radius 3 is 2.65 bits per heavy atom. The van der Waals surface area contributed by atoms with Crippen LogP contribution in [-0.2, 0) is 23.0 Å². The van der Waals surface area contributed by atoms with E-state index in [0.717, 1.165) is 10.4 Å². The molecule has 108 valence electrons. The smallest absolute Gasteiger partial charge is 0.241 e. The van der Waals surface area contributed by atoms with Gasteiger partial charge in [-0.3, -0.25) is 0 Å². The van der Waals surface area contributed by atoms with Crippen molar-refractivity contribution in [3.63, 3.8) is 0 Å². The Labute approximate surface area is 123 Å². The van der Waals surface area contributed by atoms with Crippen LogP contribution in [0.1, 0.15) is 10.4 Å². The third-order valence-corrected chi connectivity index (χ3v) is 5.37. The molecule has 1 aromatic heterocycles. The number of hydrogen-bond acceptors (Lipinski definition) is 4. The van der Waals surface area contributed by atoms with Gasteiger partial charge < -0.3 is 5.32 Å². The van der Waals surface area contributed by atoms with Crippen molar-refractivity contribution in [2.24, 2.45) is 0 Å². The van der Waals surface area contributed by atoms with Crippen molar-refractivity contribution in [2.45, 2.75) is 17.9 Å². The molecule has 0 saturated heterocycles.